The fourth-order valence-electron chi connectivity index (χ4n) is 5.16. The van der Waals surface area contributed by atoms with E-state index in [-0.39, 0.29) is 59.3 Å². The smallest absolute Gasteiger partial charge is 0.422 e. The number of carbonyl (C=O) groups excluding carboxylic acids is 2. The van der Waals surface area contributed by atoms with Crippen LogP contribution in [0.5, 0.6) is 5.88 Å². The van der Waals surface area contributed by atoms with Crippen molar-refractivity contribution >= 4 is 45.7 Å². The number of hydrogen-bond donors (Lipinski definition) is 2. The number of aromatic nitrogens is 4. The molecule has 0 radical (unpaired) electrons. The average molecular weight is 669 g/mol. The third-order valence-corrected chi connectivity index (χ3v) is 7.74. The zero-order valence-corrected chi connectivity index (χ0v) is 27.5. The van der Waals surface area contributed by atoms with Crippen molar-refractivity contribution in [2.75, 3.05) is 70.1 Å². The van der Waals surface area contributed by atoms with E-state index >= 15 is 0 Å². The number of ether oxygens (including phenoxy) is 2. The SMILES string of the molecule is COCCC(=O)Nc1cc(Nc2ncc(C(C)=O)c(-c3cn(C4CC4)c4ccccc34)n2)c(OCC(F)(F)F)nc1N(C)CCN(C)C. The fourth-order valence-corrected chi connectivity index (χ4v) is 5.16. The summed E-state index contributed by atoms with van der Waals surface area (Å²) in [5.74, 6) is -0.817. The summed E-state index contributed by atoms with van der Waals surface area (Å²) in [6.07, 6.45) is 0.855. The number of hydrogen-bond acceptors (Lipinski definition) is 10. The Kier molecular flexibility index (Phi) is 10.5. The van der Waals surface area contributed by atoms with Gasteiger partial charge < -0.3 is 34.5 Å². The predicted octanol–water partition coefficient (Wildman–Crippen LogP) is 5.69. The van der Waals surface area contributed by atoms with Gasteiger partial charge in [-0.15, -0.1) is 0 Å². The van der Waals surface area contributed by atoms with Crippen LogP contribution in [0.25, 0.3) is 22.2 Å². The van der Waals surface area contributed by atoms with Crippen LogP contribution in [0.4, 0.5) is 36.3 Å². The van der Waals surface area contributed by atoms with Crippen LogP contribution in [-0.2, 0) is 9.53 Å². The molecule has 1 aliphatic carbocycles. The largest absolute Gasteiger partial charge is 0.466 e. The van der Waals surface area contributed by atoms with Crippen LogP contribution < -0.4 is 20.3 Å². The number of amides is 1. The first-order valence-corrected chi connectivity index (χ1v) is 15.5. The van der Waals surface area contributed by atoms with Crippen LogP contribution in [0, 0.1) is 0 Å². The van der Waals surface area contributed by atoms with Gasteiger partial charge in [0.1, 0.15) is 5.69 Å². The van der Waals surface area contributed by atoms with Gasteiger partial charge in [-0.3, -0.25) is 9.59 Å². The Bertz CT molecular complexity index is 1790. The number of pyridine rings is 1. The highest BCUT2D eigenvalue weighted by molar-refractivity contribution is 6.05. The van der Waals surface area contributed by atoms with E-state index in [0.29, 0.717) is 24.8 Å². The van der Waals surface area contributed by atoms with Crippen molar-refractivity contribution in [2.24, 2.45) is 0 Å². The maximum Gasteiger partial charge on any atom is 0.422 e. The monoisotopic (exact) mass is 668 g/mol. The van der Waals surface area contributed by atoms with E-state index in [9.17, 15) is 22.8 Å². The maximum absolute atomic E-state index is 13.4. The molecule has 3 heterocycles. The summed E-state index contributed by atoms with van der Waals surface area (Å²) >= 11 is 0. The van der Waals surface area contributed by atoms with Crippen molar-refractivity contribution in [2.45, 2.75) is 38.4 Å². The van der Waals surface area contributed by atoms with Crippen LogP contribution in [-0.4, -0.2) is 96.8 Å². The number of alkyl halides is 3. The molecule has 3 aromatic heterocycles. The van der Waals surface area contributed by atoms with Gasteiger partial charge in [0, 0.05) is 62.1 Å². The summed E-state index contributed by atoms with van der Waals surface area (Å²) in [4.78, 5) is 42.7. The second kappa shape index (κ2) is 14.6. The number of anilines is 4. The highest BCUT2D eigenvalue weighted by atomic mass is 19.4. The lowest BCUT2D eigenvalue weighted by Gasteiger charge is -2.25. The van der Waals surface area contributed by atoms with Gasteiger partial charge in [-0.1, -0.05) is 18.2 Å². The van der Waals surface area contributed by atoms with Crippen molar-refractivity contribution in [1.29, 1.82) is 0 Å². The minimum absolute atomic E-state index is 0.0118. The number of fused-ring (bicyclic) bond motifs is 1. The Labute approximate surface area is 276 Å². The standard InChI is InChI=1S/C33H39F3N8O4/c1-20(45)23-17-37-32(40-29(23)24-18-44(21-10-11-21)27-9-7-6-8-22(24)27)39-26-16-25(38-28(46)12-15-47-5)30(43(4)14-13-42(2)3)41-31(26)48-19-33(34,35)36/h6-9,16-18,21H,10-15,19H2,1-5H3,(H,38,46)(H,37,39,40). The van der Waals surface area contributed by atoms with Gasteiger partial charge in [0.25, 0.3) is 0 Å². The Hall–Kier alpha value is -4.76. The molecule has 5 rings (SSSR count). The summed E-state index contributed by atoms with van der Waals surface area (Å²) in [6, 6.07) is 9.63. The summed E-state index contributed by atoms with van der Waals surface area (Å²) in [5, 5.41) is 6.65. The highest BCUT2D eigenvalue weighted by Gasteiger charge is 2.31. The molecule has 256 valence electrons. The Morgan fingerprint density at radius 3 is 2.50 bits per heavy atom. The fraction of sp³-hybridized carbons (Fsp3) is 0.424. The number of nitrogens with one attached hydrogen (secondary N) is 2. The number of carbonyl (C=O) groups is 2. The number of nitrogens with zero attached hydrogens (tertiary/aromatic N) is 6. The summed E-state index contributed by atoms with van der Waals surface area (Å²) in [5.41, 5.74) is 2.60. The van der Waals surface area contributed by atoms with E-state index in [4.69, 9.17) is 14.5 Å². The first-order valence-electron chi connectivity index (χ1n) is 15.5. The van der Waals surface area contributed by atoms with Crippen LogP contribution in [0.3, 0.4) is 0 Å². The molecule has 0 spiro atoms. The molecule has 1 fully saturated rings. The number of para-hydroxylation sites is 1. The third kappa shape index (κ3) is 8.39. The van der Waals surface area contributed by atoms with Gasteiger partial charge in [0.15, 0.2) is 18.2 Å². The summed E-state index contributed by atoms with van der Waals surface area (Å²) in [6.45, 7) is 1.03. The first-order chi connectivity index (χ1) is 22.8. The van der Waals surface area contributed by atoms with Crippen molar-refractivity contribution in [3.63, 3.8) is 0 Å². The molecule has 2 N–H and O–H groups in total. The number of halogens is 3. The van der Waals surface area contributed by atoms with Crippen LogP contribution in [0.2, 0.25) is 0 Å². The van der Waals surface area contributed by atoms with Crippen molar-refractivity contribution in [3.05, 3.63) is 48.3 Å². The molecule has 0 bridgehead atoms. The second-order valence-electron chi connectivity index (χ2n) is 12.0. The molecular formula is C33H39F3N8O4. The lowest BCUT2D eigenvalue weighted by molar-refractivity contribution is -0.153. The molecule has 4 aromatic rings. The lowest BCUT2D eigenvalue weighted by Crippen LogP contribution is -2.30. The third-order valence-electron chi connectivity index (χ3n) is 7.74. The van der Waals surface area contributed by atoms with Crippen LogP contribution >= 0.6 is 0 Å². The van der Waals surface area contributed by atoms with Crippen molar-refractivity contribution < 1.29 is 32.2 Å². The van der Waals surface area contributed by atoms with E-state index in [1.54, 1.807) is 11.9 Å². The number of benzene rings is 1. The minimum atomic E-state index is -4.65. The van der Waals surface area contributed by atoms with Crippen LogP contribution in [0.1, 0.15) is 42.6 Å². The maximum atomic E-state index is 13.4. The zero-order valence-electron chi connectivity index (χ0n) is 27.5. The van der Waals surface area contributed by atoms with Gasteiger partial charge in [-0.25, -0.2) is 9.97 Å². The molecule has 1 amide bonds. The number of methoxy groups -OCH3 is 1. The lowest BCUT2D eigenvalue weighted by atomic mass is 10.0. The van der Waals surface area contributed by atoms with E-state index in [1.165, 1.54) is 26.3 Å². The predicted molar refractivity (Wildman–Crippen MR) is 177 cm³/mol. The van der Waals surface area contributed by atoms with Gasteiger partial charge in [-0.05, 0) is 46.0 Å². The highest BCUT2D eigenvalue weighted by Crippen LogP contribution is 2.42. The van der Waals surface area contributed by atoms with Crippen molar-refractivity contribution in [1.82, 2.24) is 24.4 Å². The quantitative estimate of drug-likeness (QED) is 0.153. The zero-order chi connectivity index (χ0) is 34.6. The summed E-state index contributed by atoms with van der Waals surface area (Å²) < 4.78 is 52.5. The number of rotatable bonds is 15. The molecule has 0 saturated heterocycles. The Morgan fingerprint density at radius 2 is 1.83 bits per heavy atom. The van der Waals surface area contributed by atoms with E-state index in [0.717, 1.165) is 29.3 Å². The molecule has 15 heteroatoms. The number of Topliss-reactive ketones (excluding diaryl/α,β-unsaturated/α-hetero) is 1. The number of likely N-dealkylation sites (N-methyl/N-ethyl adjacent to an activating group) is 2. The second-order valence-corrected chi connectivity index (χ2v) is 12.0. The van der Waals surface area contributed by atoms with Gasteiger partial charge in [-0.2, -0.15) is 18.2 Å². The number of ketones is 1. The van der Waals surface area contributed by atoms with E-state index < -0.39 is 12.8 Å². The molecule has 48 heavy (non-hydrogen) atoms. The minimum Gasteiger partial charge on any atom is -0.466 e. The van der Waals surface area contributed by atoms with Crippen LogP contribution in [0.15, 0.2) is 42.7 Å². The van der Waals surface area contributed by atoms with Crippen molar-refractivity contribution in [3.8, 4) is 17.1 Å². The molecule has 0 aliphatic heterocycles. The Morgan fingerprint density at radius 1 is 1.08 bits per heavy atom. The molecule has 0 unspecified atom stereocenters. The summed E-state index contributed by atoms with van der Waals surface area (Å²) in [7, 11) is 6.95. The molecule has 12 nitrogen and oxygen atoms in total. The molecule has 0 atom stereocenters. The average Bonchev–Trinajstić information content (AvgIpc) is 3.81. The molecule has 1 saturated carbocycles. The van der Waals surface area contributed by atoms with Gasteiger partial charge in [0.2, 0.25) is 17.7 Å². The van der Waals surface area contributed by atoms with Gasteiger partial charge in [0.05, 0.1) is 30.0 Å². The van der Waals surface area contributed by atoms with E-state index in [1.807, 2.05) is 49.5 Å². The first kappa shape index (κ1) is 34.6. The van der Waals surface area contributed by atoms with Gasteiger partial charge >= 0.3 is 6.18 Å². The molecule has 1 aliphatic rings. The Balaban J connectivity index is 1.60. The van der Waals surface area contributed by atoms with E-state index in [2.05, 4.69) is 25.2 Å². The normalized spacial score (nSPS) is 13.2. The molecule has 1 aromatic carbocycles. The topological polar surface area (TPSA) is 127 Å². The molecular weight excluding hydrogens is 629 g/mol.